The molecule has 3 atom stereocenters. The summed E-state index contributed by atoms with van der Waals surface area (Å²) in [5.41, 5.74) is 4.00. The van der Waals surface area contributed by atoms with Gasteiger partial charge in [0.05, 0.1) is 30.0 Å². The van der Waals surface area contributed by atoms with E-state index in [1.165, 1.54) is 18.9 Å². The van der Waals surface area contributed by atoms with Crippen LogP contribution >= 0.6 is 39.3 Å². The molecule has 38 heavy (non-hydrogen) atoms. The molecule has 192 valence electrons. The second-order valence-electron chi connectivity index (χ2n) is 9.25. The highest BCUT2D eigenvalue weighted by Crippen LogP contribution is 2.56. The number of hydrogen-bond donors (Lipinski definition) is 2. The van der Waals surface area contributed by atoms with Crippen molar-refractivity contribution in [1.29, 1.82) is 0 Å². The molecule has 3 unspecified atom stereocenters. The highest BCUT2D eigenvalue weighted by Gasteiger charge is 2.55. The Labute approximate surface area is 237 Å². The standard InChI is InChI=1S/C29H22BrClN2O4S/c1-37-29(36)22-21-13-16-5-2-3-8-20(16)23-27(26(22)35)38-28(32-19-7-4-6-17(30)14-19)24(33(21)23)25(34)15-9-11-18(31)12-10-15/h2-12,14,21,23,27,32,35H,13H2,1H3. The lowest BCUT2D eigenvalue weighted by molar-refractivity contribution is -0.137. The largest absolute Gasteiger partial charge is 0.510 e. The number of methoxy groups -OCH3 is 1. The number of esters is 1. The minimum absolute atomic E-state index is 0.00543. The molecule has 3 aromatic carbocycles. The zero-order chi connectivity index (χ0) is 26.6. The molecule has 0 aliphatic carbocycles. The minimum Gasteiger partial charge on any atom is -0.510 e. The first kappa shape index (κ1) is 25.1. The van der Waals surface area contributed by atoms with Crippen LogP contribution in [-0.2, 0) is 16.0 Å². The second kappa shape index (κ2) is 9.84. The first-order valence-electron chi connectivity index (χ1n) is 12.0. The van der Waals surface area contributed by atoms with Crippen LogP contribution in [0, 0.1) is 0 Å². The molecule has 0 saturated carbocycles. The van der Waals surface area contributed by atoms with Gasteiger partial charge in [-0.1, -0.05) is 69.6 Å². The molecule has 6 nitrogen and oxygen atoms in total. The number of fused-ring (bicyclic) bond motifs is 1. The van der Waals surface area contributed by atoms with E-state index in [-0.39, 0.29) is 23.2 Å². The lowest BCUT2D eigenvalue weighted by atomic mass is 9.77. The van der Waals surface area contributed by atoms with Gasteiger partial charge in [0.2, 0.25) is 5.78 Å². The van der Waals surface area contributed by atoms with Crippen molar-refractivity contribution in [1.82, 2.24) is 4.90 Å². The SMILES string of the molecule is COC(=O)C1=C(O)C2SC(Nc3cccc(Br)c3)=C(C(=O)c3ccc(Cl)cc3)N3C1Cc1ccccc1C23. The molecule has 3 heterocycles. The van der Waals surface area contributed by atoms with E-state index in [1.54, 1.807) is 24.3 Å². The lowest BCUT2D eigenvalue weighted by Crippen LogP contribution is -2.56. The Kier molecular flexibility index (Phi) is 6.50. The number of ether oxygens (including phenoxy) is 1. The summed E-state index contributed by atoms with van der Waals surface area (Å²) < 4.78 is 5.99. The van der Waals surface area contributed by atoms with Crippen LogP contribution in [-0.4, -0.2) is 40.2 Å². The van der Waals surface area contributed by atoms with Gasteiger partial charge in [0.1, 0.15) is 16.5 Å². The zero-order valence-electron chi connectivity index (χ0n) is 20.2. The summed E-state index contributed by atoms with van der Waals surface area (Å²) in [6.45, 7) is 0. The van der Waals surface area contributed by atoms with Crippen molar-refractivity contribution in [2.24, 2.45) is 0 Å². The van der Waals surface area contributed by atoms with E-state index in [0.29, 0.717) is 27.7 Å². The summed E-state index contributed by atoms with van der Waals surface area (Å²) in [6.07, 6.45) is 0.445. The van der Waals surface area contributed by atoms with Crippen LogP contribution in [0.15, 0.2) is 99.3 Å². The third kappa shape index (κ3) is 4.11. The molecule has 0 saturated heterocycles. The lowest BCUT2D eigenvalue weighted by Gasteiger charge is -2.54. The number of rotatable bonds is 5. The van der Waals surface area contributed by atoms with E-state index in [0.717, 1.165) is 21.3 Å². The molecule has 9 heteroatoms. The van der Waals surface area contributed by atoms with Gasteiger partial charge in [-0.2, -0.15) is 0 Å². The molecule has 0 fully saturated rings. The zero-order valence-corrected chi connectivity index (χ0v) is 23.3. The van der Waals surface area contributed by atoms with E-state index in [4.69, 9.17) is 16.3 Å². The van der Waals surface area contributed by atoms with Crippen molar-refractivity contribution in [3.05, 3.63) is 121 Å². The van der Waals surface area contributed by atoms with E-state index in [9.17, 15) is 14.7 Å². The summed E-state index contributed by atoms with van der Waals surface area (Å²) in [5.74, 6) is -0.804. The first-order valence-corrected chi connectivity index (χ1v) is 14.0. The Hall–Kier alpha value is -3.20. The van der Waals surface area contributed by atoms with Crippen LogP contribution in [0.2, 0.25) is 5.02 Å². The fourth-order valence-electron chi connectivity index (χ4n) is 5.49. The number of benzene rings is 3. The maximum Gasteiger partial charge on any atom is 0.339 e. The Morgan fingerprint density at radius 1 is 1.11 bits per heavy atom. The summed E-state index contributed by atoms with van der Waals surface area (Å²) >= 11 is 11.0. The highest BCUT2D eigenvalue weighted by atomic mass is 79.9. The molecular formula is C29H22BrClN2O4S. The van der Waals surface area contributed by atoms with Crippen molar-refractivity contribution in [2.75, 3.05) is 12.4 Å². The number of hydrogen-bond acceptors (Lipinski definition) is 7. The molecule has 3 aromatic rings. The van der Waals surface area contributed by atoms with Gasteiger partial charge in [-0.05, 0) is 60.0 Å². The molecule has 0 amide bonds. The van der Waals surface area contributed by atoms with Crippen molar-refractivity contribution in [3.8, 4) is 0 Å². The highest BCUT2D eigenvalue weighted by molar-refractivity contribution is 9.10. The molecule has 4 bridgehead atoms. The van der Waals surface area contributed by atoms with Crippen molar-refractivity contribution < 1.29 is 19.4 Å². The summed E-state index contributed by atoms with van der Waals surface area (Å²) in [7, 11) is 1.31. The van der Waals surface area contributed by atoms with E-state index < -0.39 is 17.3 Å². The minimum atomic E-state index is -0.595. The number of nitrogens with one attached hydrogen (secondary N) is 1. The average molecular weight is 610 g/mol. The Morgan fingerprint density at radius 2 is 1.87 bits per heavy atom. The molecular weight excluding hydrogens is 588 g/mol. The van der Waals surface area contributed by atoms with Gasteiger partial charge in [0.15, 0.2) is 0 Å². The number of allylic oxidation sites excluding steroid dienone is 1. The fourth-order valence-corrected chi connectivity index (χ4v) is 7.40. The summed E-state index contributed by atoms with van der Waals surface area (Å²) in [4.78, 5) is 29.3. The smallest absolute Gasteiger partial charge is 0.339 e. The predicted molar refractivity (Wildman–Crippen MR) is 152 cm³/mol. The number of ketones is 1. The quantitative estimate of drug-likeness (QED) is 0.248. The number of Topliss-reactive ketones (excluding diaryl/α,β-unsaturated/α-hetero) is 1. The molecule has 0 radical (unpaired) electrons. The van der Waals surface area contributed by atoms with Crippen molar-refractivity contribution in [2.45, 2.75) is 23.8 Å². The van der Waals surface area contributed by atoms with Crippen LogP contribution in [0.25, 0.3) is 0 Å². The number of aliphatic hydroxyl groups excluding tert-OH is 1. The number of aliphatic hydroxyl groups is 1. The Morgan fingerprint density at radius 3 is 2.61 bits per heavy atom. The number of halogens is 2. The van der Waals surface area contributed by atoms with Crippen molar-refractivity contribution in [3.63, 3.8) is 0 Å². The molecule has 2 N–H and O–H groups in total. The van der Waals surface area contributed by atoms with Crippen LogP contribution in [0.3, 0.4) is 0 Å². The van der Waals surface area contributed by atoms with E-state index >= 15 is 0 Å². The predicted octanol–water partition coefficient (Wildman–Crippen LogP) is 6.65. The summed E-state index contributed by atoms with van der Waals surface area (Å²) in [5, 5.41) is 15.5. The molecule has 3 aliphatic rings. The number of carbonyl (C=O) groups excluding carboxylic acids is 2. The van der Waals surface area contributed by atoms with Crippen LogP contribution in [0.4, 0.5) is 5.69 Å². The van der Waals surface area contributed by atoms with Gasteiger partial charge >= 0.3 is 5.97 Å². The molecule has 0 aromatic heterocycles. The van der Waals surface area contributed by atoms with E-state index in [1.807, 2.05) is 53.4 Å². The van der Waals surface area contributed by atoms with Gasteiger partial charge in [-0.3, -0.25) is 4.79 Å². The number of carbonyl (C=O) groups is 2. The fraction of sp³-hybridized carbons (Fsp3) is 0.172. The molecule has 0 spiro atoms. The average Bonchev–Trinajstić information content (AvgIpc) is 2.91. The third-order valence-electron chi connectivity index (χ3n) is 7.12. The van der Waals surface area contributed by atoms with E-state index in [2.05, 4.69) is 21.2 Å². The van der Waals surface area contributed by atoms with Gasteiger partial charge < -0.3 is 20.1 Å². The monoisotopic (exact) mass is 608 g/mol. The van der Waals surface area contributed by atoms with Crippen LogP contribution in [0.5, 0.6) is 0 Å². The van der Waals surface area contributed by atoms with Gasteiger partial charge in [0.25, 0.3) is 0 Å². The van der Waals surface area contributed by atoms with Gasteiger partial charge in [0, 0.05) is 20.7 Å². The molecule has 6 rings (SSSR count). The van der Waals surface area contributed by atoms with Crippen molar-refractivity contribution >= 4 is 56.7 Å². The second-order valence-corrected chi connectivity index (χ2v) is 11.8. The Bertz CT molecular complexity index is 1540. The number of nitrogens with zero attached hydrogens (tertiary/aromatic N) is 1. The maximum atomic E-state index is 14.2. The maximum absolute atomic E-state index is 14.2. The molecule has 3 aliphatic heterocycles. The topological polar surface area (TPSA) is 78.9 Å². The number of thioether (sulfide) groups is 1. The van der Waals surface area contributed by atoms with Gasteiger partial charge in [-0.15, -0.1) is 0 Å². The normalized spacial score (nSPS) is 21.7. The van der Waals surface area contributed by atoms with Gasteiger partial charge in [-0.25, -0.2) is 4.79 Å². The Balaban J connectivity index is 1.57. The summed E-state index contributed by atoms with van der Waals surface area (Å²) in [6, 6.07) is 21.5. The van der Waals surface area contributed by atoms with Crippen LogP contribution in [0.1, 0.15) is 27.5 Å². The van der Waals surface area contributed by atoms with Crippen LogP contribution < -0.4 is 5.32 Å². The number of anilines is 1. The third-order valence-corrected chi connectivity index (χ3v) is 9.13. The first-order chi connectivity index (χ1) is 18.4.